The van der Waals surface area contributed by atoms with Crippen LogP contribution in [0.15, 0.2) is 78.9 Å². The first-order valence-electron chi connectivity index (χ1n) is 13.6. The number of nitrogens with one attached hydrogen (secondary N) is 2. The third-order valence-corrected chi connectivity index (χ3v) is 6.80. The Hall–Kier alpha value is -4.54. The maximum absolute atomic E-state index is 13.2. The summed E-state index contributed by atoms with van der Waals surface area (Å²) in [5, 5.41) is 33.9. The van der Waals surface area contributed by atoms with E-state index in [1.165, 1.54) is 31.4 Å². The van der Waals surface area contributed by atoms with E-state index in [0.29, 0.717) is 18.5 Å². The Morgan fingerprint density at radius 1 is 0.857 bits per heavy atom. The fourth-order valence-corrected chi connectivity index (χ4v) is 4.49. The number of hydrogen-bond donors (Lipinski definition) is 5. The summed E-state index contributed by atoms with van der Waals surface area (Å²) < 4.78 is 4.65. The fraction of sp³-hybridized carbons (Fsp3) is 0.312. The van der Waals surface area contributed by atoms with Crippen molar-refractivity contribution in [2.24, 2.45) is 5.92 Å². The second-order valence-corrected chi connectivity index (χ2v) is 9.94. The minimum Gasteiger partial charge on any atom is -0.481 e. The normalized spacial score (nSPS) is 12.9. The number of benzene rings is 3. The molecule has 0 aliphatic rings. The molecule has 0 saturated heterocycles. The summed E-state index contributed by atoms with van der Waals surface area (Å²) in [4.78, 5) is 49.4. The van der Waals surface area contributed by atoms with Gasteiger partial charge in [0.2, 0.25) is 11.8 Å². The molecule has 3 aromatic rings. The Morgan fingerprint density at radius 2 is 1.50 bits per heavy atom. The van der Waals surface area contributed by atoms with E-state index in [9.17, 15) is 34.5 Å². The molecular formula is C32H36N2O8. The van der Waals surface area contributed by atoms with E-state index in [1.54, 1.807) is 0 Å². The predicted molar refractivity (Wildman–Crippen MR) is 157 cm³/mol. The van der Waals surface area contributed by atoms with Crippen molar-refractivity contribution >= 4 is 29.4 Å². The van der Waals surface area contributed by atoms with Gasteiger partial charge < -0.3 is 30.7 Å². The van der Waals surface area contributed by atoms with Gasteiger partial charge >= 0.3 is 11.9 Å². The monoisotopic (exact) mass is 576 g/mol. The van der Waals surface area contributed by atoms with Crippen LogP contribution in [0.25, 0.3) is 11.1 Å². The quantitative estimate of drug-likeness (QED) is 0.172. The number of aliphatic hydroxyl groups is 2. The van der Waals surface area contributed by atoms with Crippen molar-refractivity contribution < 1.29 is 39.2 Å². The van der Waals surface area contributed by atoms with Crippen LogP contribution in [0.4, 0.5) is 5.69 Å². The third kappa shape index (κ3) is 9.83. The number of aliphatic hydroxyl groups excluding tert-OH is 2. The van der Waals surface area contributed by atoms with Gasteiger partial charge in [-0.1, -0.05) is 54.6 Å². The molecule has 3 rings (SSSR count). The van der Waals surface area contributed by atoms with Crippen LogP contribution in [0.3, 0.4) is 0 Å². The summed E-state index contributed by atoms with van der Waals surface area (Å²) in [6.45, 7) is -0.630. The molecule has 0 fully saturated rings. The second-order valence-electron chi connectivity index (χ2n) is 9.94. The van der Waals surface area contributed by atoms with Gasteiger partial charge in [-0.3, -0.25) is 14.4 Å². The van der Waals surface area contributed by atoms with Crippen molar-refractivity contribution in [3.63, 3.8) is 0 Å². The number of methoxy groups -OCH3 is 1. The maximum Gasteiger partial charge on any atom is 0.337 e. The first-order chi connectivity index (χ1) is 20.2. The van der Waals surface area contributed by atoms with E-state index >= 15 is 0 Å². The first-order valence-corrected chi connectivity index (χ1v) is 13.6. The highest BCUT2D eigenvalue weighted by molar-refractivity contribution is 5.98. The predicted octanol–water partition coefficient (Wildman–Crippen LogP) is 3.42. The molecule has 5 N–H and O–H groups in total. The standard InChI is InChI=1S/C32H36N2O8/c1-42-32(41)24-14-16-26(17-15-24)33-31(40)28(19-27(36)20-35)34-30(39)25(18-29(37)38)9-5-6-21-10-12-23(13-11-21)22-7-3-2-4-8-22/h2-4,7-8,10-17,25,27-28,35-36H,5-6,9,18-20H2,1H3,(H,33,40)(H,34,39)(H,37,38). The van der Waals surface area contributed by atoms with Crippen LogP contribution in [0.1, 0.15) is 41.6 Å². The van der Waals surface area contributed by atoms with Gasteiger partial charge in [0.25, 0.3) is 0 Å². The lowest BCUT2D eigenvalue weighted by molar-refractivity contribution is -0.141. The van der Waals surface area contributed by atoms with Crippen LogP contribution in [-0.2, 0) is 25.5 Å². The van der Waals surface area contributed by atoms with Crippen LogP contribution in [-0.4, -0.2) is 64.9 Å². The zero-order valence-corrected chi connectivity index (χ0v) is 23.4. The molecule has 3 unspecified atom stereocenters. The molecule has 3 atom stereocenters. The highest BCUT2D eigenvalue weighted by atomic mass is 16.5. The van der Waals surface area contributed by atoms with Crippen LogP contribution < -0.4 is 10.6 Å². The Balaban J connectivity index is 1.63. The number of ether oxygens (including phenoxy) is 1. The van der Waals surface area contributed by atoms with E-state index in [4.69, 9.17) is 0 Å². The molecule has 42 heavy (non-hydrogen) atoms. The number of carboxylic acids is 1. The SMILES string of the molecule is COC(=O)c1ccc(NC(=O)C(CC(O)CO)NC(=O)C(CCCc2ccc(-c3ccccc3)cc2)CC(=O)O)cc1. The zero-order valence-electron chi connectivity index (χ0n) is 23.4. The number of amides is 2. The fourth-order valence-electron chi connectivity index (χ4n) is 4.49. The van der Waals surface area contributed by atoms with E-state index in [2.05, 4.69) is 15.4 Å². The van der Waals surface area contributed by atoms with E-state index in [0.717, 1.165) is 16.7 Å². The number of aryl methyl sites for hydroxylation is 1. The minimum atomic E-state index is -1.29. The van der Waals surface area contributed by atoms with Gasteiger partial charge in [-0.2, -0.15) is 0 Å². The first kappa shape index (κ1) is 32.0. The van der Waals surface area contributed by atoms with Gasteiger partial charge in [0.05, 0.1) is 31.8 Å². The average molecular weight is 577 g/mol. The zero-order chi connectivity index (χ0) is 30.5. The second kappa shape index (κ2) is 16.0. The highest BCUT2D eigenvalue weighted by Gasteiger charge is 2.29. The molecule has 0 saturated carbocycles. The number of aliphatic carboxylic acids is 1. The van der Waals surface area contributed by atoms with Crippen molar-refractivity contribution in [3.8, 4) is 11.1 Å². The van der Waals surface area contributed by atoms with Crippen molar-refractivity contribution in [2.45, 2.75) is 44.2 Å². The number of carbonyl (C=O) groups excluding carboxylic acids is 3. The summed E-state index contributed by atoms with van der Waals surface area (Å²) in [5.41, 5.74) is 3.83. The summed E-state index contributed by atoms with van der Waals surface area (Å²) in [5.74, 6) is -3.91. The summed E-state index contributed by atoms with van der Waals surface area (Å²) in [6.07, 6.45) is -0.567. The van der Waals surface area contributed by atoms with Crippen LogP contribution in [0, 0.1) is 5.92 Å². The Morgan fingerprint density at radius 3 is 2.10 bits per heavy atom. The largest absolute Gasteiger partial charge is 0.481 e. The van der Waals surface area contributed by atoms with E-state index < -0.39 is 54.8 Å². The number of carbonyl (C=O) groups is 4. The minimum absolute atomic E-state index is 0.268. The summed E-state index contributed by atoms with van der Waals surface area (Å²) in [7, 11) is 1.25. The van der Waals surface area contributed by atoms with Crippen molar-refractivity contribution in [1.82, 2.24) is 5.32 Å². The van der Waals surface area contributed by atoms with Gasteiger partial charge in [0.15, 0.2) is 0 Å². The molecule has 10 heteroatoms. The van der Waals surface area contributed by atoms with Crippen LogP contribution in [0.5, 0.6) is 0 Å². The molecular weight excluding hydrogens is 540 g/mol. The number of hydrogen-bond acceptors (Lipinski definition) is 7. The molecule has 10 nitrogen and oxygen atoms in total. The lowest BCUT2D eigenvalue weighted by atomic mass is 9.94. The average Bonchev–Trinajstić information content (AvgIpc) is 3.00. The van der Waals surface area contributed by atoms with Gasteiger partial charge in [-0.15, -0.1) is 0 Å². The Labute approximate surface area is 244 Å². The molecule has 222 valence electrons. The van der Waals surface area contributed by atoms with Gasteiger partial charge in [-0.25, -0.2) is 4.79 Å². The third-order valence-electron chi connectivity index (χ3n) is 6.80. The molecule has 0 aliphatic heterocycles. The number of esters is 1. The molecule has 3 aromatic carbocycles. The van der Waals surface area contributed by atoms with Gasteiger partial charge in [0, 0.05) is 18.0 Å². The Kier molecular flexibility index (Phi) is 12.2. The lowest BCUT2D eigenvalue weighted by Gasteiger charge is -2.23. The molecule has 0 heterocycles. The number of rotatable bonds is 15. The van der Waals surface area contributed by atoms with Crippen molar-refractivity contribution in [2.75, 3.05) is 19.0 Å². The highest BCUT2D eigenvalue weighted by Crippen LogP contribution is 2.21. The summed E-state index contributed by atoms with van der Waals surface area (Å²) in [6, 6.07) is 22.6. The molecule has 0 aliphatic carbocycles. The van der Waals surface area contributed by atoms with Crippen LogP contribution >= 0.6 is 0 Å². The smallest absolute Gasteiger partial charge is 0.337 e. The van der Waals surface area contributed by atoms with Crippen molar-refractivity contribution in [1.29, 1.82) is 0 Å². The molecule has 0 spiro atoms. The lowest BCUT2D eigenvalue weighted by Crippen LogP contribution is -2.48. The van der Waals surface area contributed by atoms with E-state index in [1.807, 2.05) is 54.6 Å². The number of carboxylic acid groups (broad SMARTS) is 1. The van der Waals surface area contributed by atoms with Gasteiger partial charge in [0.1, 0.15) is 6.04 Å². The molecule has 0 bridgehead atoms. The molecule has 2 amide bonds. The Bertz CT molecular complexity index is 1330. The molecule has 0 aromatic heterocycles. The van der Waals surface area contributed by atoms with Gasteiger partial charge in [-0.05, 0) is 60.2 Å². The molecule has 0 radical (unpaired) electrons. The summed E-state index contributed by atoms with van der Waals surface area (Å²) >= 11 is 0. The number of anilines is 1. The maximum atomic E-state index is 13.2. The van der Waals surface area contributed by atoms with Crippen LogP contribution in [0.2, 0.25) is 0 Å². The van der Waals surface area contributed by atoms with E-state index in [-0.39, 0.29) is 18.4 Å². The van der Waals surface area contributed by atoms with Crippen molar-refractivity contribution in [3.05, 3.63) is 90.0 Å². The topological polar surface area (TPSA) is 162 Å².